The molecule has 1 fully saturated rings. The fourth-order valence-corrected chi connectivity index (χ4v) is 5.43. The number of nitriles is 1. The van der Waals surface area contributed by atoms with E-state index in [0.29, 0.717) is 18.8 Å². The molecule has 136 valence electrons. The van der Waals surface area contributed by atoms with Gasteiger partial charge in [-0.1, -0.05) is 35.3 Å². The fraction of sp³-hybridized carbons (Fsp3) is 0.235. The Labute approximate surface area is 161 Å². The van der Waals surface area contributed by atoms with Gasteiger partial charge in [0.15, 0.2) is 0 Å². The van der Waals surface area contributed by atoms with Gasteiger partial charge in [-0.2, -0.15) is 9.57 Å². The summed E-state index contributed by atoms with van der Waals surface area (Å²) in [5.74, 6) is -0.595. The van der Waals surface area contributed by atoms with Crippen LogP contribution < -0.4 is 4.90 Å². The zero-order valence-corrected chi connectivity index (χ0v) is 15.8. The predicted molar refractivity (Wildman–Crippen MR) is 98.5 cm³/mol. The first-order valence-corrected chi connectivity index (χ1v) is 9.93. The Morgan fingerprint density at radius 2 is 1.58 bits per heavy atom. The number of halogens is 3. The van der Waals surface area contributed by atoms with Gasteiger partial charge in [-0.3, -0.25) is 0 Å². The molecule has 0 aliphatic carbocycles. The Balaban J connectivity index is 1.83. The Bertz CT molecular complexity index is 964. The molecule has 2 aromatic rings. The van der Waals surface area contributed by atoms with E-state index in [1.807, 2.05) is 6.07 Å². The molecule has 0 bridgehead atoms. The summed E-state index contributed by atoms with van der Waals surface area (Å²) in [5, 5.41) is 9.30. The number of hydrogen-bond acceptors (Lipinski definition) is 4. The van der Waals surface area contributed by atoms with E-state index in [0.717, 1.165) is 0 Å². The number of benzene rings is 2. The molecule has 0 amide bonds. The number of rotatable bonds is 3. The second kappa shape index (κ2) is 7.41. The van der Waals surface area contributed by atoms with Crippen LogP contribution in [-0.4, -0.2) is 38.9 Å². The van der Waals surface area contributed by atoms with Crippen LogP contribution in [0.25, 0.3) is 0 Å². The standard InChI is InChI=1S/C17H14Cl2FN3O2S/c18-13-3-1-4-14(19)17(13)26(24,25)23-9-7-22(8-10-23)16-6-2-5-15(20)12(16)11-21/h1-6H,7-10H2. The van der Waals surface area contributed by atoms with Crippen molar-refractivity contribution in [2.75, 3.05) is 31.1 Å². The zero-order chi connectivity index (χ0) is 18.9. The first-order chi connectivity index (χ1) is 12.4. The smallest absolute Gasteiger partial charge is 0.246 e. The van der Waals surface area contributed by atoms with E-state index in [4.69, 9.17) is 28.5 Å². The van der Waals surface area contributed by atoms with E-state index in [2.05, 4.69) is 0 Å². The number of sulfonamides is 1. The maximum Gasteiger partial charge on any atom is 0.246 e. The van der Waals surface area contributed by atoms with E-state index in [-0.39, 0.29) is 33.6 Å². The Morgan fingerprint density at radius 3 is 2.15 bits per heavy atom. The van der Waals surface area contributed by atoms with Crippen molar-refractivity contribution in [2.24, 2.45) is 0 Å². The molecule has 0 radical (unpaired) electrons. The lowest BCUT2D eigenvalue weighted by molar-refractivity contribution is 0.384. The molecule has 0 aromatic heterocycles. The lowest BCUT2D eigenvalue weighted by atomic mass is 10.1. The van der Waals surface area contributed by atoms with Crippen molar-refractivity contribution >= 4 is 38.9 Å². The molecule has 5 nitrogen and oxygen atoms in total. The highest BCUT2D eigenvalue weighted by molar-refractivity contribution is 7.89. The molecule has 0 saturated carbocycles. The third-order valence-electron chi connectivity index (χ3n) is 4.20. The van der Waals surface area contributed by atoms with Crippen molar-refractivity contribution in [2.45, 2.75) is 4.90 Å². The summed E-state index contributed by atoms with van der Waals surface area (Å²) in [5.41, 5.74) is 0.415. The molecule has 1 saturated heterocycles. The van der Waals surface area contributed by atoms with E-state index < -0.39 is 15.8 Å². The largest absolute Gasteiger partial charge is 0.368 e. The number of anilines is 1. The number of nitrogens with zero attached hydrogens (tertiary/aromatic N) is 3. The maximum absolute atomic E-state index is 13.8. The maximum atomic E-state index is 13.8. The van der Waals surface area contributed by atoms with Gasteiger partial charge in [0.1, 0.15) is 22.3 Å². The van der Waals surface area contributed by atoms with E-state index >= 15 is 0 Å². The third-order valence-corrected chi connectivity index (χ3v) is 7.05. The van der Waals surface area contributed by atoms with Crippen LogP contribution in [0, 0.1) is 17.1 Å². The molecule has 0 atom stereocenters. The van der Waals surface area contributed by atoms with Crippen molar-refractivity contribution < 1.29 is 12.8 Å². The number of hydrogen-bond donors (Lipinski definition) is 0. The van der Waals surface area contributed by atoms with Crippen LogP contribution in [-0.2, 0) is 10.0 Å². The highest BCUT2D eigenvalue weighted by atomic mass is 35.5. The lowest BCUT2D eigenvalue weighted by Crippen LogP contribution is -2.49. The van der Waals surface area contributed by atoms with Crippen molar-refractivity contribution in [1.29, 1.82) is 5.26 Å². The Morgan fingerprint density at radius 1 is 1.00 bits per heavy atom. The lowest BCUT2D eigenvalue weighted by Gasteiger charge is -2.36. The minimum atomic E-state index is -3.85. The van der Waals surface area contributed by atoms with Crippen LogP contribution >= 0.6 is 23.2 Å². The molecule has 3 rings (SSSR count). The quantitative estimate of drug-likeness (QED) is 0.771. The molecule has 0 unspecified atom stereocenters. The van der Waals surface area contributed by atoms with Crippen LogP contribution in [0.1, 0.15) is 5.56 Å². The Kier molecular flexibility index (Phi) is 5.39. The van der Waals surface area contributed by atoms with Crippen molar-refractivity contribution in [3.05, 3.63) is 57.8 Å². The summed E-state index contributed by atoms with van der Waals surface area (Å²) < 4.78 is 40.8. The molecule has 0 N–H and O–H groups in total. The molecule has 0 spiro atoms. The van der Waals surface area contributed by atoms with Gasteiger partial charge in [-0.05, 0) is 24.3 Å². The van der Waals surface area contributed by atoms with Gasteiger partial charge in [-0.25, -0.2) is 12.8 Å². The molecular weight excluding hydrogens is 400 g/mol. The van der Waals surface area contributed by atoms with E-state index in [9.17, 15) is 12.8 Å². The predicted octanol–water partition coefficient (Wildman–Crippen LogP) is 3.52. The molecular formula is C17H14Cl2FN3O2S. The topological polar surface area (TPSA) is 64.4 Å². The highest BCUT2D eigenvalue weighted by Crippen LogP contribution is 2.32. The minimum Gasteiger partial charge on any atom is -0.368 e. The van der Waals surface area contributed by atoms with Crippen LogP contribution in [0.5, 0.6) is 0 Å². The monoisotopic (exact) mass is 413 g/mol. The van der Waals surface area contributed by atoms with Gasteiger partial charge >= 0.3 is 0 Å². The van der Waals surface area contributed by atoms with Crippen molar-refractivity contribution in [3.63, 3.8) is 0 Å². The average Bonchev–Trinajstić information content (AvgIpc) is 2.61. The normalized spacial score (nSPS) is 15.7. The summed E-state index contributed by atoms with van der Waals surface area (Å²) in [6, 6.07) is 10.8. The Hall–Kier alpha value is -1.85. The van der Waals surface area contributed by atoms with Gasteiger partial charge in [0, 0.05) is 26.2 Å². The first-order valence-electron chi connectivity index (χ1n) is 7.74. The molecule has 1 aliphatic rings. The van der Waals surface area contributed by atoms with E-state index in [1.165, 1.54) is 28.6 Å². The van der Waals surface area contributed by atoms with Crippen LogP contribution in [0.2, 0.25) is 10.0 Å². The highest BCUT2D eigenvalue weighted by Gasteiger charge is 2.32. The van der Waals surface area contributed by atoms with Crippen molar-refractivity contribution in [1.82, 2.24) is 4.31 Å². The average molecular weight is 414 g/mol. The van der Waals surface area contributed by atoms with E-state index in [1.54, 1.807) is 17.0 Å². The minimum absolute atomic E-state index is 0.0436. The second-order valence-electron chi connectivity index (χ2n) is 5.69. The summed E-state index contributed by atoms with van der Waals surface area (Å²) in [4.78, 5) is 1.68. The second-order valence-corrected chi connectivity index (χ2v) is 8.38. The number of piperazine rings is 1. The zero-order valence-electron chi connectivity index (χ0n) is 13.5. The summed E-state index contributed by atoms with van der Waals surface area (Å²) >= 11 is 12.1. The molecule has 2 aromatic carbocycles. The van der Waals surface area contributed by atoms with Gasteiger partial charge < -0.3 is 4.90 Å². The van der Waals surface area contributed by atoms with Crippen molar-refractivity contribution in [3.8, 4) is 6.07 Å². The SMILES string of the molecule is N#Cc1c(F)cccc1N1CCN(S(=O)(=O)c2c(Cl)cccc2Cl)CC1. The van der Waals surface area contributed by atoms with Gasteiger partial charge in [0.25, 0.3) is 0 Å². The molecule has 1 aliphatic heterocycles. The summed E-state index contributed by atoms with van der Waals surface area (Å²) in [7, 11) is -3.85. The fourth-order valence-electron chi connectivity index (χ4n) is 2.91. The van der Waals surface area contributed by atoms with Crippen LogP contribution in [0.4, 0.5) is 10.1 Å². The van der Waals surface area contributed by atoms with Gasteiger partial charge in [0.2, 0.25) is 10.0 Å². The molecule has 1 heterocycles. The van der Waals surface area contributed by atoms with Gasteiger partial charge in [-0.15, -0.1) is 0 Å². The third kappa shape index (κ3) is 3.38. The first kappa shape index (κ1) is 18.9. The molecule has 26 heavy (non-hydrogen) atoms. The van der Waals surface area contributed by atoms with Crippen LogP contribution in [0.15, 0.2) is 41.3 Å². The summed E-state index contributed by atoms with van der Waals surface area (Å²) in [6.45, 7) is 0.982. The molecule has 9 heteroatoms. The van der Waals surface area contributed by atoms with Crippen LogP contribution in [0.3, 0.4) is 0 Å². The van der Waals surface area contributed by atoms with Gasteiger partial charge in [0.05, 0.1) is 15.7 Å². The summed E-state index contributed by atoms with van der Waals surface area (Å²) in [6.07, 6.45) is 0.